The normalized spacial score (nSPS) is 11.7. The molecular weight excluding hydrogens is 372 g/mol. The number of carbonyl (C=O) groups is 1. The van der Waals surface area contributed by atoms with Crippen LogP contribution in [0.5, 0.6) is 0 Å². The first-order chi connectivity index (χ1) is 10.9. The maximum Gasteiger partial charge on any atom is 0.185 e. The zero-order valence-corrected chi connectivity index (χ0v) is 15.2. The SMILES string of the molecule is CC(N)=C(C#N)C(=O)CSc1nn(-c2ccc(Cl)cc2)c(=S)s1. The third kappa shape index (κ3) is 4.42. The minimum Gasteiger partial charge on any atom is -0.401 e. The quantitative estimate of drug-likeness (QED) is 0.367. The van der Waals surface area contributed by atoms with Crippen LogP contribution in [-0.4, -0.2) is 21.3 Å². The van der Waals surface area contributed by atoms with E-state index in [-0.39, 0.29) is 22.8 Å². The molecule has 0 aliphatic rings. The van der Waals surface area contributed by atoms with Crippen molar-refractivity contribution in [2.24, 2.45) is 5.73 Å². The molecule has 2 rings (SSSR count). The molecule has 0 amide bonds. The van der Waals surface area contributed by atoms with E-state index in [1.165, 1.54) is 30.0 Å². The molecule has 0 radical (unpaired) electrons. The molecule has 0 bridgehead atoms. The van der Waals surface area contributed by atoms with Crippen molar-refractivity contribution in [3.05, 3.63) is 44.5 Å². The van der Waals surface area contributed by atoms with Crippen LogP contribution in [0.25, 0.3) is 5.69 Å². The summed E-state index contributed by atoms with van der Waals surface area (Å²) in [5, 5.41) is 13.9. The van der Waals surface area contributed by atoms with Gasteiger partial charge in [0.2, 0.25) is 0 Å². The summed E-state index contributed by atoms with van der Waals surface area (Å²) in [6, 6.07) is 8.95. The van der Waals surface area contributed by atoms with Crippen molar-refractivity contribution in [2.45, 2.75) is 11.3 Å². The third-order valence-corrected chi connectivity index (χ3v) is 5.33. The predicted octanol–water partition coefficient (Wildman–Crippen LogP) is 3.73. The zero-order chi connectivity index (χ0) is 17.0. The van der Waals surface area contributed by atoms with Crippen LogP contribution in [0.2, 0.25) is 5.02 Å². The fraction of sp³-hybridized carbons (Fsp3) is 0.143. The highest BCUT2D eigenvalue weighted by atomic mass is 35.5. The molecule has 0 aliphatic heterocycles. The molecule has 0 unspecified atom stereocenters. The zero-order valence-electron chi connectivity index (χ0n) is 11.9. The van der Waals surface area contributed by atoms with Crippen LogP contribution in [0.15, 0.2) is 39.9 Å². The molecule has 1 aromatic heterocycles. The van der Waals surface area contributed by atoms with Gasteiger partial charge in [0, 0.05) is 10.7 Å². The lowest BCUT2D eigenvalue weighted by Gasteiger charge is -2.00. The molecule has 0 saturated carbocycles. The number of Topliss-reactive ketones (excluding diaryl/α,β-unsaturated/α-hetero) is 1. The van der Waals surface area contributed by atoms with Crippen molar-refractivity contribution in [3.63, 3.8) is 0 Å². The van der Waals surface area contributed by atoms with E-state index in [4.69, 9.17) is 34.8 Å². The van der Waals surface area contributed by atoms with Crippen molar-refractivity contribution in [1.29, 1.82) is 5.26 Å². The van der Waals surface area contributed by atoms with Gasteiger partial charge < -0.3 is 5.73 Å². The van der Waals surface area contributed by atoms with Crippen LogP contribution in [0.3, 0.4) is 0 Å². The topological polar surface area (TPSA) is 84.7 Å². The van der Waals surface area contributed by atoms with Gasteiger partial charge in [-0.25, -0.2) is 4.68 Å². The van der Waals surface area contributed by atoms with E-state index in [1.807, 2.05) is 18.2 Å². The van der Waals surface area contributed by atoms with Crippen molar-refractivity contribution in [1.82, 2.24) is 9.78 Å². The Morgan fingerprint density at radius 1 is 1.52 bits per heavy atom. The third-order valence-electron chi connectivity index (χ3n) is 2.71. The Morgan fingerprint density at radius 2 is 2.17 bits per heavy atom. The second-order valence-corrected chi connectivity index (χ2v) is 7.69. The van der Waals surface area contributed by atoms with Gasteiger partial charge in [-0.15, -0.1) is 5.10 Å². The Labute approximate surface area is 151 Å². The van der Waals surface area contributed by atoms with Crippen molar-refractivity contribution in [2.75, 3.05) is 5.75 Å². The average molecular weight is 383 g/mol. The average Bonchev–Trinajstić information content (AvgIpc) is 2.87. The summed E-state index contributed by atoms with van der Waals surface area (Å²) in [5.74, 6) is -0.239. The summed E-state index contributed by atoms with van der Waals surface area (Å²) in [4.78, 5) is 11.9. The number of halogens is 1. The lowest BCUT2D eigenvalue weighted by Crippen LogP contribution is -2.10. The number of nitrogens with zero attached hydrogens (tertiary/aromatic N) is 3. The molecule has 2 N–H and O–H groups in total. The van der Waals surface area contributed by atoms with Gasteiger partial charge in [0.05, 0.1) is 11.4 Å². The number of aromatic nitrogens is 2. The molecule has 0 saturated heterocycles. The highest BCUT2D eigenvalue weighted by Crippen LogP contribution is 2.25. The lowest BCUT2D eigenvalue weighted by atomic mass is 10.2. The van der Waals surface area contributed by atoms with Gasteiger partial charge in [-0.05, 0) is 43.4 Å². The fourth-order valence-corrected chi connectivity index (χ4v) is 3.99. The molecule has 0 aliphatic carbocycles. The Balaban J connectivity index is 2.15. The van der Waals surface area contributed by atoms with Gasteiger partial charge in [-0.3, -0.25) is 4.79 Å². The number of hydrogen-bond acceptors (Lipinski definition) is 7. The molecule has 0 atom stereocenters. The molecule has 0 fully saturated rings. The van der Waals surface area contributed by atoms with Crippen LogP contribution >= 0.6 is 46.9 Å². The molecule has 1 heterocycles. The minimum atomic E-state index is -0.323. The summed E-state index contributed by atoms with van der Waals surface area (Å²) in [6.45, 7) is 1.53. The molecule has 118 valence electrons. The first kappa shape index (κ1) is 17.7. The minimum absolute atomic E-state index is 0.0155. The second-order valence-electron chi connectivity index (χ2n) is 4.40. The summed E-state index contributed by atoms with van der Waals surface area (Å²) in [6.07, 6.45) is 0. The predicted molar refractivity (Wildman–Crippen MR) is 95.5 cm³/mol. The lowest BCUT2D eigenvalue weighted by molar-refractivity contribution is -0.112. The van der Waals surface area contributed by atoms with Gasteiger partial charge in [-0.2, -0.15) is 5.26 Å². The Hall–Kier alpha value is -1.66. The van der Waals surface area contributed by atoms with E-state index in [1.54, 1.807) is 16.8 Å². The van der Waals surface area contributed by atoms with Crippen molar-refractivity contribution < 1.29 is 4.79 Å². The van der Waals surface area contributed by atoms with Gasteiger partial charge >= 0.3 is 0 Å². The Morgan fingerprint density at radius 3 is 2.74 bits per heavy atom. The maximum atomic E-state index is 11.9. The summed E-state index contributed by atoms with van der Waals surface area (Å²) in [7, 11) is 0. The standard InChI is InChI=1S/C14H11ClN4OS3/c1-8(17)11(6-16)12(20)7-22-13-18-19(14(21)23-13)10-4-2-9(15)3-5-10/h2-5H,7,17H2,1H3. The Bertz CT molecular complexity index is 857. The van der Waals surface area contributed by atoms with Crippen LogP contribution in [0.1, 0.15) is 6.92 Å². The Kier molecular flexibility index (Phi) is 5.96. The number of allylic oxidation sites excluding steroid dienone is 2. The first-order valence-corrected chi connectivity index (χ1v) is 8.89. The number of nitrogens with two attached hydrogens (primary N) is 1. The highest BCUT2D eigenvalue weighted by Gasteiger charge is 2.14. The largest absolute Gasteiger partial charge is 0.401 e. The fourth-order valence-electron chi connectivity index (χ4n) is 1.63. The summed E-state index contributed by atoms with van der Waals surface area (Å²) < 4.78 is 2.82. The number of ketones is 1. The molecular formula is C14H11ClN4OS3. The molecule has 0 spiro atoms. The van der Waals surface area contributed by atoms with Crippen LogP contribution in [0.4, 0.5) is 0 Å². The number of rotatable bonds is 5. The van der Waals surface area contributed by atoms with Gasteiger partial charge in [0.15, 0.2) is 14.1 Å². The first-order valence-electron chi connectivity index (χ1n) is 6.31. The van der Waals surface area contributed by atoms with E-state index in [0.29, 0.717) is 13.3 Å². The van der Waals surface area contributed by atoms with Gasteiger partial charge in [0.1, 0.15) is 11.6 Å². The smallest absolute Gasteiger partial charge is 0.185 e. The molecule has 2 aromatic rings. The van der Waals surface area contributed by atoms with Crippen LogP contribution in [0, 0.1) is 15.3 Å². The number of carbonyl (C=O) groups excluding carboxylic acids is 1. The van der Waals surface area contributed by atoms with Gasteiger partial charge in [0.25, 0.3) is 0 Å². The van der Waals surface area contributed by atoms with Gasteiger partial charge in [-0.1, -0.05) is 34.7 Å². The number of benzene rings is 1. The van der Waals surface area contributed by atoms with E-state index in [2.05, 4.69) is 5.10 Å². The van der Waals surface area contributed by atoms with E-state index in [0.717, 1.165) is 5.69 Å². The summed E-state index contributed by atoms with van der Waals surface area (Å²) >= 11 is 13.7. The second kappa shape index (κ2) is 7.75. The maximum absolute atomic E-state index is 11.9. The molecule has 23 heavy (non-hydrogen) atoms. The van der Waals surface area contributed by atoms with E-state index in [9.17, 15) is 4.79 Å². The monoisotopic (exact) mass is 382 g/mol. The van der Waals surface area contributed by atoms with E-state index < -0.39 is 0 Å². The summed E-state index contributed by atoms with van der Waals surface area (Å²) in [5.41, 5.74) is 6.52. The highest BCUT2D eigenvalue weighted by molar-refractivity contribution is 8.01. The van der Waals surface area contributed by atoms with Crippen molar-refractivity contribution in [3.8, 4) is 11.8 Å². The van der Waals surface area contributed by atoms with Crippen molar-refractivity contribution >= 4 is 52.7 Å². The molecule has 5 nitrogen and oxygen atoms in total. The number of thioether (sulfide) groups is 1. The number of nitriles is 1. The van der Waals surface area contributed by atoms with Crippen LogP contribution in [-0.2, 0) is 4.79 Å². The molecule has 1 aromatic carbocycles. The number of hydrogen-bond donors (Lipinski definition) is 1. The molecule has 9 heteroatoms. The van der Waals surface area contributed by atoms with Crippen LogP contribution < -0.4 is 5.73 Å². The van der Waals surface area contributed by atoms with E-state index >= 15 is 0 Å².